The van der Waals surface area contributed by atoms with Gasteiger partial charge in [0.05, 0.1) is 16.5 Å². The lowest BCUT2D eigenvalue weighted by Gasteiger charge is -2.06. The second-order valence-corrected chi connectivity index (χ2v) is 6.40. The van der Waals surface area contributed by atoms with Gasteiger partial charge in [0, 0.05) is 15.1 Å². The van der Waals surface area contributed by atoms with Crippen LogP contribution in [0.1, 0.15) is 0 Å². The van der Waals surface area contributed by atoms with E-state index >= 15 is 0 Å². The number of amides is 1. The topological polar surface area (TPSA) is 55.1 Å². The number of nitrogens with one attached hydrogen (secondary N) is 1. The minimum atomic E-state index is -0.0685. The number of thioether (sulfide) groups is 1. The molecule has 0 atom stereocenters. The SMILES string of the molecule is Nc1ccc(SCC(=O)Nc2cccc(Br)c2)cc1Cl. The number of hydrogen-bond acceptors (Lipinski definition) is 3. The van der Waals surface area contributed by atoms with Crippen molar-refractivity contribution in [1.29, 1.82) is 0 Å². The van der Waals surface area contributed by atoms with Gasteiger partial charge in [0.15, 0.2) is 0 Å². The summed E-state index contributed by atoms with van der Waals surface area (Å²) in [5, 5.41) is 3.33. The normalized spacial score (nSPS) is 10.3. The summed E-state index contributed by atoms with van der Waals surface area (Å²) >= 11 is 10.7. The van der Waals surface area contributed by atoms with Crippen LogP contribution >= 0.6 is 39.3 Å². The van der Waals surface area contributed by atoms with Crippen LogP contribution < -0.4 is 11.1 Å². The zero-order valence-corrected chi connectivity index (χ0v) is 13.6. The van der Waals surface area contributed by atoms with Crippen molar-refractivity contribution < 1.29 is 4.79 Å². The lowest BCUT2D eigenvalue weighted by Crippen LogP contribution is -2.13. The van der Waals surface area contributed by atoms with Gasteiger partial charge in [-0.15, -0.1) is 11.8 Å². The van der Waals surface area contributed by atoms with E-state index < -0.39 is 0 Å². The molecule has 6 heteroatoms. The number of nitrogen functional groups attached to an aromatic ring is 1. The molecule has 0 aliphatic rings. The molecule has 2 aromatic rings. The molecule has 2 rings (SSSR count). The minimum Gasteiger partial charge on any atom is -0.398 e. The molecule has 0 unspecified atom stereocenters. The molecule has 20 heavy (non-hydrogen) atoms. The lowest BCUT2D eigenvalue weighted by atomic mass is 10.3. The molecule has 0 heterocycles. The number of hydrogen-bond donors (Lipinski definition) is 2. The minimum absolute atomic E-state index is 0.0685. The van der Waals surface area contributed by atoms with E-state index in [9.17, 15) is 4.79 Å². The van der Waals surface area contributed by atoms with E-state index in [0.29, 0.717) is 16.5 Å². The van der Waals surface area contributed by atoms with Gasteiger partial charge < -0.3 is 11.1 Å². The predicted molar refractivity (Wildman–Crippen MR) is 89.4 cm³/mol. The Labute approximate surface area is 135 Å². The average molecular weight is 372 g/mol. The Bertz CT molecular complexity index is 636. The van der Waals surface area contributed by atoms with Crippen LogP contribution in [0.15, 0.2) is 51.8 Å². The molecule has 1 amide bonds. The predicted octanol–water partition coefficient (Wildman–Crippen LogP) is 4.42. The summed E-state index contributed by atoms with van der Waals surface area (Å²) in [6.07, 6.45) is 0. The summed E-state index contributed by atoms with van der Waals surface area (Å²) in [5.41, 5.74) is 6.94. The highest BCUT2D eigenvalue weighted by Crippen LogP contribution is 2.26. The van der Waals surface area contributed by atoms with Crippen LogP contribution in [-0.2, 0) is 4.79 Å². The van der Waals surface area contributed by atoms with Crippen LogP contribution in [0.3, 0.4) is 0 Å². The maximum Gasteiger partial charge on any atom is 0.234 e. The zero-order valence-electron chi connectivity index (χ0n) is 10.4. The summed E-state index contributed by atoms with van der Waals surface area (Å²) in [5.74, 6) is 0.244. The van der Waals surface area contributed by atoms with Crippen molar-refractivity contribution >= 4 is 56.6 Å². The molecule has 0 aromatic heterocycles. The van der Waals surface area contributed by atoms with E-state index in [1.54, 1.807) is 12.1 Å². The van der Waals surface area contributed by atoms with Crippen molar-refractivity contribution in [2.45, 2.75) is 4.90 Å². The first-order valence-electron chi connectivity index (χ1n) is 5.78. The summed E-state index contributed by atoms with van der Waals surface area (Å²) in [7, 11) is 0. The maximum atomic E-state index is 11.8. The highest BCUT2D eigenvalue weighted by molar-refractivity contribution is 9.10. The van der Waals surface area contributed by atoms with Gasteiger partial charge in [-0.2, -0.15) is 0 Å². The van der Waals surface area contributed by atoms with Crippen molar-refractivity contribution in [2.24, 2.45) is 0 Å². The first-order valence-corrected chi connectivity index (χ1v) is 7.93. The molecular weight excluding hydrogens is 360 g/mol. The number of anilines is 2. The van der Waals surface area contributed by atoms with Crippen LogP contribution in [0.5, 0.6) is 0 Å². The Morgan fingerprint density at radius 2 is 2.10 bits per heavy atom. The van der Waals surface area contributed by atoms with Gasteiger partial charge in [0.25, 0.3) is 0 Å². The number of rotatable bonds is 4. The number of carbonyl (C=O) groups excluding carboxylic acids is 1. The van der Waals surface area contributed by atoms with Crippen LogP contribution in [0.2, 0.25) is 5.02 Å². The van der Waals surface area contributed by atoms with Gasteiger partial charge in [-0.05, 0) is 36.4 Å². The van der Waals surface area contributed by atoms with Gasteiger partial charge in [-0.3, -0.25) is 4.79 Å². The van der Waals surface area contributed by atoms with Gasteiger partial charge in [0.1, 0.15) is 0 Å². The van der Waals surface area contributed by atoms with Crippen LogP contribution in [0, 0.1) is 0 Å². The van der Waals surface area contributed by atoms with Crippen LogP contribution in [0.4, 0.5) is 11.4 Å². The van der Waals surface area contributed by atoms with E-state index in [1.165, 1.54) is 11.8 Å². The smallest absolute Gasteiger partial charge is 0.234 e. The molecule has 0 radical (unpaired) electrons. The summed E-state index contributed by atoms with van der Waals surface area (Å²) in [6.45, 7) is 0. The average Bonchev–Trinajstić information content (AvgIpc) is 2.40. The third-order valence-electron chi connectivity index (χ3n) is 2.45. The van der Waals surface area contributed by atoms with Crippen molar-refractivity contribution in [1.82, 2.24) is 0 Å². The molecule has 3 nitrogen and oxygen atoms in total. The standard InChI is InChI=1S/C14H12BrClN2OS/c15-9-2-1-3-10(6-9)18-14(19)8-20-11-4-5-13(17)12(16)7-11/h1-7H,8,17H2,(H,18,19). The number of halogens is 2. The second-order valence-electron chi connectivity index (χ2n) is 4.03. The monoisotopic (exact) mass is 370 g/mol. The number of benzene rings is 2. The van der Waals surface area contributed by atoms with Gasteiger partial charge in [-0.1, -0.05) is 33.6 Å². The Hall–Kier alpha value is -1.17. The summed E-state index contributed by atoms with van der Waals surface area (Å²) in [6, 6.07) is 12.8. The van der Waals surface area contributed by atoms with E-state index in [4.69, 9.17) is 17.3 Å². The third kappa shape index (κ3) is 4.44. The molecule has 2 aromatic carbocycles. The Balaban J connectivity index is 1.90. The molecule has 0 saturated heterocycles. The third-order valence-corrected chi connectivity index (χ3v) is 4.26. The Kier molecular flexibility index (Phi) is 5.34. The fourth-order valence-corrected chi connectivity index (χ4v) is 2.89. The molecule has 0 aliphatic heterocycles. The quantitative estimate of drug-likeness (QED) is 0.618. The van der Waals surface area contributed by atoms with E-state index in [1.807, 2.05) is 30.3 Å². The molecule has 0 bridgehead atoms. The van der Waals surface area contributed by atoms with Crippen molar-refractivity contribution in [3.8, 4) is 0 Å². The molecular formula is C14H12BrClN2OS. The molecule has 3 N–H and O–H groups in total. The molecule has 104 valence electrons. The fraction of sp³-hybridized carbons (Fsp3) is 0.0714. The first kappa shape index (κ1) is 15.2. The van der Waals surface area contributed by atoms with Gasteiger partial charge in [-0.25, -0.2) is 0 Å². The van der Waals surface area contributed by atoms with Gasteiger partial charge in [0.2, 0.25) is 5.91 Å². The second kappa shape index (κ2) is 7.02. The molecule has 0 spiro atoms. The Morgan fingerprint density at radius 3 is 2.80 bits per heavy atom. The lowest BCUT2D eigenvalue weighted by molar-refractivity contribution is -0.113. The molecule has 0 fully saturated rings. The van der Waals surface area contributed by atoms with Crippen molar-refractivity contribution in [2.75, 3.05) is 16.8 Å². The summed E-state index contributed by atoms with van der Waals surface area (Å²) < 4.78 is 0.924. The van der Waals surface area contributed by atoms with E-state index in [0.717, 1.165) is 15.1 Å². The Morgan fingerprint density at radius 1 is 1.30 bits per heavy atom. The molecule has 0 aliphatic carbocycles. The highest BCUT2D eigenvalue weighted by atomic mass is 79.9. The van der Waals surface area contributed by atoms with Gasteiger partial charge >= 0.3 is 0 Å². The largest absolute Gasteiger partial charge is 0.398 e. The van der Waals surface area contributed by atoms with E-state index in [-0.39, 0.29) is 5.91 Å². The summed E-state index contributed by atoms with van der Waals surface area (Å²) in [4.78, 5) is 12.8. The number of nitrogens with two attached hydrogens (primary N) is 1. The van der Waals surface area contributed by atoms with Crippen molar-refractivity contribution in [3.05, 3.63) is 52.0 Å². The zero-order chi connectivity index (χ0) is 14.5. The van der Waals surface area contributed by atoms with E-state index in [2.05, 4.69) is 21.2 Å². The highest BCUT2D eigenvalue weighted by Gasteiger charge is 2.05. The number of carbonyl (C=O) groups is 1. The first-order chi connectivity index (χ1) is 9.54. The molecule has 0 saturated carbocycles. The maximum absolute atomic E-state index is 11.8. The van der Waals surface area contributed by atoms with Crippen LogP contribution in [-0.4, -0.2) is 11.7 Å². The van der Waals surface area contributed by atoms with Crippen LogP contribution in [0.25, 0.3) is 0 Å². The van der Waals surface area contributed by atoms with Crippen molar-refractivity contribution in [3.63, 3.8) is 0 Å². The fourth-order valence-electron chi connectivity index (χ4n) is 1.51.